The topological polar surface area (TPSA) is 34.1 Å². The number of ketones is 2. The molecule has 0 aliphatic heterocycles. The van der Waals surface area contributed by atoms with Gasteiger partial charge in [0, 0.05) is 23.3 Å². The Morgan fingerprint density at radius 1 is 1.13 bits per heavy atom. The Hall–Kier alpha value is -1.70. The molecule has 5 atom stereocenters. The van der Waals surface area contributed by atoms with Gasteiger partial charge < -0.3 is 0 Å². The van der Waals surface area contributed by atoms with Gasteiger partial charge in [0.25, 0.3) is 0 Å². The third-order valence-corrected chi connectivity index (χ3v) is 7.25. The molecule has 0 aromatic rings. The first kappa shape index (κ1) is 14.9. The second-order valence-electron chi connectivity index (χ2n) is 8.29. The largest absolute Gasteiger partial charge is 0.295 e. The van der Waals surface area contributed by atoms with Crippen molar-refractivity contribution in [2.24, 2.45) is 28.6 Å². The fourth-order valence-corrected chi connectivity index (χ4v) is 5.79. The van der Waals surface area contributed by atoms with Gasteiger partial charge in [-0.3, -0.25) is 9.59 Å². The SMILES string of the molecule is C=C1C(=C)[C@H]2[C@@H]3C=CC4=CC(=O)CC[C@]4(C)[C@@H]3CC[C@]2(C)C1=O. The molecule has 4 rings (SSSR count). The van der Waals surface area contributed by atoms with Crippen LogP contribution in [0.2, 0.25) is 0 Å². The van der Waals surface area contributed by atoms with Crippen LogP contribution in [0.5, 0.6) is 0 Å². The van der Waals surface area contributed by atoms with Crippen molar-refractivity contribution in [3.8, 4) is 0 Å². The van der Waals surface area contributed by atoms with E-state index in [1.165, 1.54) is 5.57 Å². The smallest absolute Gasteiger partial charge is 0.169 e. The molecule has 0 spiro atoms. The number of allylic oxidation sites excluding steroid dienone is 6. The van der Waals surface area contributed by atoms with Crippen molar-refractivity contribution in [3.05, 3.63) is 48.1 Å². The molecule has 0 aromatic carbocycles. The fraction of sp³-hybridized carbons (Fsp3) is 0.524. The van der Waals surface area contributed by atoms with Gasteiger partial charge in [-0.2, -0.15) is 0 Å². The van der Waals surface area contributed by atoms with E-state index in [9.17, 15) is 9.59 Å². The first-order chi connectivity index (χ1) is 10.8. The maximum absolute atomic E-state index is 12.7. The van der Waals surface area contributed by atoms with Crippen LogP contribution in [0.4, 0.5) is 0 Å². The quantitative estimate of drug-likeness (QED) is 0.629. The van der Waals surface area contributed by atoms with E-state index in [0.717, 1.165) is 24.8 Å². The van der Waals surface area contributed by atoms with E-state index < -0.39 is 0 Å². The highest BCUT2D eigenvalue weighted by Crippen LogP contribution is 2.64. The number of fused-ring (bicyclic) bond motifs is 5. The molecule has 0 unspecified atom stereocenters. The highest BCUT2D eigenvalue weighted by atomic mass is 16.1. The van der Waals surface area contributed by atoms with Gasteiger partial charge in [-0.25, -0.2) is 0 Å². The lowest BCUT2D eigenvalue weighted by molar-refractivity contribution is -0.128. The van der Waals surface area contributed by atoms with Crippen molar-refractivity contribution in [2.45, 2.75) is 39.5 Å². The van der Waals surface area contributed by atoms with Crippen LogP contribution in [-0.2, 0) is 9.59 Å². The van der Waals surface area contributed by atoms with Crippen LogP contribution in [0.25, 0.3) is 0 Å². The van der Waals surface area contributed by atoms with Crippen molar-refractivity contribution in [1.82, 2.24) is 0 Å². The van der Waals surface area contributed by atoms with Crippen LogP contribution in [-0.4, -0.2) is 11.6 Å². The van der Waals surface area contributed by atoms with Crippen molar-refractivity contribution >= 4 is 11.6 Å². The Morgan fingerprint density at radius 2 is 1.87 bits per heavy atom. The zero-order chi connectivity index (χ0) is 16.6. The number of carbonyl (C=O) groups is 2. The summed E-state index contributed by atoms with van der Waals surface area (Å²) in [7, 11) is 0. The molecule has 2 fully saturated rings. The standard InChI is InChI=1S/C21H24O2/c1-12-13(2)19(23)21(4)10-8-17-16(18(12)21)6-5-14-11-15(22)7-9-20(14,17)3/h5-6,11,16-18H,1-2,7-10H2,3-4H3/t16-,17-,18+,20+,21+/m1/s1. The van der Waals surface area contributed by atoms with Gasteiger partial charge in [0.15, 0.2) is 11.6 Å². The summed E-state index contributed by atoms with van der Waals surface area (Å²) in [4.78, 5) is 24.5. The van der Waals surface area contributed by atoms with Crippen molar-refractivity contribution in [1.29, 1.82) is 0 Å². The molecule has 0 amide bonds. The first-order valence-electron chi connectivity index (χ1n) is 8.65. The Bertz CT molecular complexity index is 722. The van der Waals surface area contributed by atoms with Crippen molar-refractivity contribution in [2.75, 3.05) is 0 Å². The van der Waals surface area contributed by atoms with Gasteiger partial charge in [-0.15, -0.1) is 0 Å². The van der Waals surface area contributed by atoms with E-state index in [2.05, 4.69) is 39.2 Å². The summed E-state index contributed by atoms with van der Waals surface area (Å²) in [6.45, 7) is 12.6. The summed E-state index contributed by atoms with van der Waals surface area (Å²) in [5.74, 6) is 1.44. The zero-order valence-electron chi connectivity index (χ0n) is 14.0. The predicted molar refractivity (Wildman–Crippen MR) is 90.7 cm³/mol. The van der Waals surface area contributed by atoms with Crippen molar-refractivity contribution in [3.63, 3.8) is 0 Å². The molecule has 2 nitrogen and oxygen atoms in total. The van der Waals surface area contributed by atoms with Gasteiger partial charge in [0.2, 0.25) is 0 Å². The van der Waals surface area contributed by atoms with Gasteiger partial charge in [-0.1, -0.05) is 39.2 Å². The zero-order valence-corrected chi connectivity index (χ0v) is 14.0. The molecule has 0 bridgehead atoms. The summed E-state index contributed by atoms with van der Waals surface area (Å²) >= 11 is 0. The van der Waals surface area contributed by atoms with Crippen LogP contribution >= 0.6 is 0 Å². The van der Waals surface area contributed by atoms with Crippen LogP contribution in [0.15, 0.2) is 48.1 Å². The highest BCUT2D eigenvalue weighted by molar-refractivity contribution is 6.07. The lowest BCUT2D eigenvalue weighted by Gasteiger charge is -2.54. The molecule has 0 N–H and O–H groups in total. The molecule has 4 aliphatic carbocycles. The van der Waals surface area contributed by atoms with Gasteiger partial charge in [-0.05, 0) is 53.7 Å². The van der Waals surface area contributed by atoms with E-state index in [1.807, 2.05) is 6.08 Å². The number of hydrogen-bond donors (Lipinski definition) is 0. The van der Waals surface area contributed by atoms with Crippen LogP contribution in [0.3, 0.4) is 0 Å². The Labute approximate surface area is 138 Å². The van der Waals surface area contributed by atoms with E-state index in [0.29, 0.717) is 23.8 Å². The normalized spacial score (nSPS) is 45.5. The third kappa shape index (κ3) is 1.70. The van der Waals surface area contributed by atoms with Gasteiger partial charge in [0.1, 0.15) is 0 Å². The maximum Gasteiger partial charge on any atom is 0.169 e. The number of hydrogen-bond acceptors (Lipinski definition) is 2. The Balaban J connectivity index is 1.83. The van der Waals surface area contributed by atoms with E-state index in [4.69, 9.17) is 0 Å². The molecule has 0 radical (unpaired) electrons. The summed E-state index contributed by atoms with van der Waals surface area (Å²) in [5.41, 5.74) is 2.49. The lowest BCUT2D eigenvalue weighted by Crippen LogP contribution is -2.49. The molecule has 4 aliphatic rings. The molecular formula is C21H24O2. The minimum absolute atomic E-state index is 0.0574. The third-order valence-electron chi connectivity index (χ3n) is 7.25. The number of carbonyl (C=O) groups excluding carboxylic acids is 2. The highest BCUT2D eigenvalue weighted by Gasteiger charge is 2.60. The van der Waals surface area contributed by atoms with Gasteiger partial charge >= 0.3 is 0 Å². The van der Waals surface area contributed by atoms with E-state index in [1.54, 1.807) is 0 Å². The molecule has 0 aromatic heterocycles. The summed E-state index contributed by atoms with van der Waals surface area (Å²) in [6.07, 6.45) is 9.74. The average Bonchev–Trinajstić information content (AvgIpc) is 2.69. The monoisotopic (exact) mass is 308 g/mol. The molecular weight excluding hydrogens is 284 g/mol. The summed E-state index contributed by atoms with van der Waals surface area (Å²) < 4.78 is 0. The van der Waals surface area contributed by atoms with Crippen LogP contribution in [0, 0.1) is 28.6 Å². The average molecular weight is 308 g/mol. The number of Topliss-reactive ketones (excluding diaryl/α,β-unsaturated/α-hetero) is 1. The minimum Gasteiger partial charge on any atom is -0.295 e. The second kappa shape index (κ2) is 4.43. The molecule has 120 valence electrons. The maximum atomic E-state index is 12.7. The van der Waals surface area contributed by atoms with Crippen LogP contribution in [0.1, 0.15) is 39.5 Å². The summed E-state index contributed by atoms with van der Waals surface area (Å²) in [6, 6.07) is 0. The predicted octanol–water partition coefficient (Wildman–Crippen LogP) is 4.20. The van der Waals surface area contributed by atoms with Gasteiger partial charge in [0.05, 0.1) is 0 Å². The molecule has 0 heterocycles. The van der Waals surface area contributed by atoms with Crippen LogP contribution < -0.4 is 0 Å². The Kier molecular flexibility index (Phi) is 2.87. The minimum atomic E-state index is -0.332. The lowest BCUT2D eigenvalue weighted by atomic mass is 9.49. The molecule has 2 heteroatoms. The molecule has 23 heavy (non-hydrogen) atoms. The van der Waals surface area contributed by atoms with E-state index >= 15 is 0 Å². The number of rotatable bonds is 0. The molecule has 0 saturated heterocycles. The van der Waals surface area contributed by atoms with E-state index in [-0.39, 0.29) is 28.3 Å². The van der Waals surface area contributed by atoms with Crippen molar-refractivity contribution < 1.29 is 9.59 Å². The first-order valence-corrected chi connectivity index (χ1v) is 8.65. The fourth-order valence-electron chi connectivity index (χ4n) is 5.79. The second-order valence-corrected chi connectivity index (χ2v) is 8.29. The Morgan fingerprint density at radius 3 is 2.61 bits per heavy atom. The molecule has 2 saturated carbocycles. The summed E-state index contributed by atoms with van der Waals surface area (Å²) in [5, 5.41) is 0.